The molecule has 0 atom stereocenters. The first-order valence-corrected chi connectivity index (χ1v) is 3.17. The maximum absolute atomic E-state index is 10.7. The number of nitriles is 4. The van der Waals surface area contributed by atoms with E-state index < -0.39 is 17.4 Å². The smallest absolute Gasteiger partial charge is 0.391 e. The van der Waals surface area contributed by atoms with Gasteiger partial charge in [-0.2, -0.15) is 21.0 Å². The monoisotopic (exact) mass is 188 g/mol. The fourth-order valence-electron chi connectivity index (χ4n) is 0.871. The van der Waals surface area contributed by atoms with Crippen molar-refractivity contribution in [2.45, 2.75) is 11.2 Å². The van der Waals surface area contributed by atoms with Crippen molar-refractivity contribution in [2.75, 3.05) is 0 Å². The average molecular weight is 188 g/mol. The van der Waals surface area contributed by atoms with Gasteiger partial charge in [0.1, 0.15) is 24.3 Å². The van der Waals surface area contributed by atoms with Crippen LogP contribution in [0.1, 0.15) is 0 Å². The Morgan fingerprint density at radius 2 is 1.14 bits per heavy atom. The Balaban J connectivity index is 3.43. The van der Waals surface area contributed by atoms with Gasteiger partial charge >= 0.3 is 17.4 Å². The van der Waals surface area contributed by atoms with Crippen LogP contribution in [0, 0.1) is 45.3 Å². The van der Waals surface area contributed by atoms with Crippen LogP contribution in [0.3, 0.4) is 0 Å². The predicted octanol–water partition coefficient (Wildman–Crippen LogP) is -0.275. The number of carbonyl (C=O) groups excluding carboxylic acids is 1. The standard InChI is InChI=1S/C7N4O3/c8-1-6(2-9)7(3-10,4-11)14-5(12)13-6. The Kier molecular flexibility index (Phi) is 1.75. The molecule has 1 heterocycles. The fourth-order valence-corrected chi connectivity index (χ4v) is 0.871. The van der Waals surface area contributed by atoms with Crippen LogP contribution in [0.5, 0.6) is 0 Å². The molecule has 0 radical (unpaired) electrons. The summed E-state index contributed by atoms with van der Waals surface area (Å²) in [5, 5.41) is 34.4. The molecule has 1 aliphatic heterocycles. The zero-order valence-corrected chi connectivity index (χ0v) is 6.51. The molecule has 0 spiro atoms. The molecule has 1 rings (SSSR count). The minimum Gasteiger partial charge on any atom is -0.391 e. The van der Waals surface area contributed by atoms with Gasteiger partial charge in [-0.3, -0.25) is 0 Å². The van der Waals surface area contributed by atoms with Crippen molar-refractivity contribution in [2.24, 2.45) is 0 Å². The highest BCUT2D eigenvalue weighted by atomic mass is 16.8. The molecule has 1 aliphatic rings. The summed E-state index contributed by atoms with van der Waals surface area (Å²) in [4.78, 5) is 10.7. The van der Waals surface area contributed by atoms with Gasteiger partial charge < -0.3 is 9.47 Å². The molecule has 14 heavy (non-hydrogen) atoms. The summed E-state index contributed by atoms with van der Waals surface area (Å²) >= 11 is 0. The van der Waals surface area contributed by atoms with E-state index >= 15 is 0 Å². The van der Waals surface area contributed by atoms with Gasteiger partial charge in [0.05, 0.1) is 0 Å². The van der Waals surface area contributed by atoms with E-state index in [0.29, 0.717) is 0 Å². The minimum atomic E-state index is -2.52. The fraction of sp³-hybridized carbons (Fsp3) is 0.286. The first-order valence-electron chi connectivity index (χ1n) is 3.17. The molecule has 0 aromatic heterocycles. The third kappa shape index (κ3) is 0.784. The maximum atomic E-state index is 10.7. The molecule has 66 valence electrons. The number of cyclic esters (lactones) is 2. The van der Waals surface area contributed by atoms with Gasteiger partial charge in [0.2, 0.25) is 0 Å². The number of carbonyl (C=O) groups is 1. The summed E-state index contributed by atoms with van der Waals surface area (Å²) in [6, 6.07) is 5.10. The Hall–Kier alpha value is -2.77. The predicted molar refractivity (Wildman–Crippen MR) is 35.5 cm³/mol. The molecule has 0 saturated carbocycles. The van der Waals surface area contributed by atoms with E-state index in [1.165, 1.54) is 24.3 Å². The lowest BCUT2D eigenvalue weighted by Crippen LogP contribution is -2.47. The molecular formula is C7N4O3. The van der Waals surface area contributed by atoms with Crippen molar-refractivity contribution in [3.8, 4) is 24.3 Å². The molecule has 7 heteroatoms. The highest BCUT2D eigenvalue weighted by molar-refractivity contribution is 5.70. The van der Waals surface area contributed by atoms with Crippen LogP contribution in [-0.4, -0.2) is 17.4 Å². The molecule has 0 aliphatic carbocycles. The van der Waals surface area contributed by atoms with Crippen LogP contribution in [0.25, 0.3) is 0 Å². The lowest BCUT2D eigenvalue weighted by Gasteiger charge is -2.16. The van der Waals surface area contributed by atoms with Gasteiger partial charge in [-0.05, 0) is 0 Å². The van der Waals surface area contributed by atoms with Crippen LogP contribution < -0.4 is 0 Å². The number of hydrogen-bond donors (Lipinski definition) is 0. The summed E-state index contributed by atoms with van der Waals surface area (Å²) in [5.41, 5.74) is -5.04. The lowest BCUT2D eigenvalue weighted by atomic mass is 9.88. The summed E-state index contributed by atoms with van der Waals surface area (Å²) in [5.74, 6) is 0. The molecule has 1 fully saturated rings. The van der Waals surface area contributed by atoms with Crippen LogP contribution in [0.2, 0.25) is 0 Å². The summed E-state index contributed by atoms with van der Waals surface area (Å²) in [6.07, 6.45) is -1.39. The molecule has 0 unspecified atom stereocenters. The normalized spacial score (nSPS) is 20.1. The SMILES string of the molecule is N#CC1(C#N)OC(=O)OC1(C#N)C#N. The zero-order chi connectivity index (χ0) is 10.8. The van der Waals surface area contributed by atoms with Gasteiger partial charge in [0.15, 0.2) is 0 Å². The van der Waals surface area contributed by atoms with E-state index in [1.54, 1.807) is 0 Å². The first kappa shape index (κ1) is 9.32. The third-order valence-electron chi connectivity index (χ3n) is 1.60. The summed E-state index contributed by atoms with van der Waals surface area (Å²) < 4.78 is 8.43. The second kappa shape index (κ2) is 2.62. The highest BCUT2D eigenvalue weighted by Gasteiger charge is 2.67. The van der Waals surface area contributed by atoms with E-state index in [0.717, 1.165) is 0 Å². The van der Waals surface area contributed by atoms with Crippen molar-refractivity contribution >= 4 is 6.16 Å². The molecular weight excluding hydrogens is 188 g/mol. The Labute approximate surface area is 77.9 Å². The molecule has 1 saturated heterocycles. The lowest BCUT2D eigenvalue weighted by molar-refractivity contribution is 0.113. The van der Waals surface area contributed by atoms with Crippen molar-refractivity contribution in [3.05, 3.63) is 0 Å². The van der Waals surface area contributed by atoms with Crippen LogP contribution in [0.15, 0.2) is 0 Å². The Morgan fingerprint density at radius 1 is 0.857 bits per heavy atom. The van der Waals surface area contributed by atoms with Crippen molar-refractivity contribution < 1.29 is 14.3 Å². The summed E-state index contributed by atoms with van der Waals surface area (Å²) in [6.45, 7) is 0. The largest absolute Gasteiger partial charge is 0.513 e. The number of nitrogens with zero attached hydrogens (tertiary/aromatic N) is 4. The van der Waals surface area contributed by atoms with Gasteiger partial charge in [0, 0.05) is 0 Å². The van der Waals surface area contributed by atoms with Gasteiger partial charge in [-0.1, -0.05) is 0 Å². The second-order valence-corrected chi connectivity index (χ2v) is 2.26. The van der Waals surface area contributed by atoms with E-state index in [-0.39, 0.29) is 0 Å². The molecule has 0 aromatic rings. The summed E-state index contributed by atoms with van der Waals surface area (Å²) in [7, 11) is 0. The Bertz CT molecular complexity index is 385. The topological polar surface area (TPSA) is 131 Å². The minimum absolute atomic E-state index is 1.28. The number of hydrogen-bond acceptors (Lipinski definition) is 7. The van der Waals surface area contributed by atoms with E-state index in [1.807, 2.05) is 0 Å². The van der Waals surface area contributed by atoms with Gasteiger partial charge in [0.25, 0.3) is 0 Å². The van der Waals surface area contributed by atoms with Crippen LogP contribution >= 0.6 is 0 Å². The average Bonchev–Trinajstić information content (AvgIpc) is 2.51. The Morgan fingerprint density at radius 3 is 1.36 bits per heavy atom. The molecule has 0 aromatic carbocycles. The number of rotatable bonds is 0. The van der Waals surface area contributed by atoms with Crippen molar-refractivity contribution in [1.29, 1.82) is 21.0 Å². The molecule has 0 N–H and O–H groups in total. The van der Waals surface area contributed by atoms with E-state index in [4.69, 9.17) is 21.0 Å². The van der Waals surface area contributed by atoms with Crippen LogP contribution in [0.4, 0.5) is 4.79 Å². The number of ether oxygens (including phenoxy) is 2. The molecule has 0 amide bonds. The van der Waals surface area contributed by atoms with Crippen molar-refractivity contribution in [1.82, 2.24) is 0 Å². The van der Waals surface area contributed by atoms with Crippen LogP contribution in [-0.2, 0) is 9.47 Å². The zero-order valence-electron chi connectivity index (χ0n) is 6.51. The highest BCUT2D eigenvalue weighted by Crippen LogP contribution is 2.35. The molecule has 7 nitrogen and oxygen atoms in total. The third-order valence-corrected chi connectivity index (χ3v) is 1.60. The quantitative estimate of drug-likeness (QED) is 0.477. The maximum Gasteiger partial charge on any atom is 0.513 e. The molecule has 0 bridgehead atoms. The van der Waals surface area contributed by atoms with Gasteiger partial charge in [-0.25, -0.2) is 4.79 Å². The second-order valence-electron chi connectivity index (χ2n) is 2.26. The van der Waals surface area contributed by atoms with E-state index in [9.17, 15) is 4.79 Å². The van der Waals surface area contributed by atoms with Gasteiger partial charge in [-0.15, -0.1) is 0 Å². The van der Waals surface area contributed by atoms with Crippen molar-refractivity contribution in [3.63, 3.8) is 0 Å². The first-order chi connectivity index (χ1) is 6.59. The van der Waals surface area contributed by atoms with E-state index in [2.05, 4.69) is 9.47 Å².